The maximum absolute atomic E-state index is 12.2. The van der Waals surface area contributed by atoms with Gasteiger partial charge in [-0.25, -0.2) is 4.79 Å². The Bertz CT molecular complexity index is 781. The molecule has 0 aliphatic rings. The number of nitrogens with one attached hydrogen (secondary N) is 2. The summed E-state index contributed by atoms with van der Waals surface area (Å²) in [5.41, 5.74) is 2.22. The summed E-state index contributed by atoms with van der Waals surface area (Å²) in [7, 11) is 1.53. The third-order valence-electron chi connectivity index (χ3n) is 3.57. The number of urea groups is 1. The number of carbonyl (C=O) groups excluding carboxylic acids is 2. The lowest BCUT2D eigenvalue weighted by atomic mass is 10.1. The van der Waals surface area contributed by atoms with Gasteiger partial charge >= 0.3 is 6.03 Å². The summed E-state index contributed by atoms with van der Waals surface area (Å²) in [5.74, 6) is -0.277. The minimum absolute atomic E-state index is 0.0882. The maximum Gasteiger partial charge on any atom is 0.322 e. The van der Waals surface area contributed by atoms with Gasteiger partial charge < -0.3 is 15.5 Å². The Morgan fingerprint density at radius 2 is 1.76 bits per heavy atom. The molecule has 0 aliphatic carbocycles. The first-order chi connectivity index (χ1) is 11.9. The lowest BCUT2D eigenvalue weighted by molar-refractivity contribution is -0.116. The molecule has 0 atom stereocenters. The van der Waals surface area contributed by atoms with Gasteiger partial charge in [0, 0.05) is 17.8 Å². The maximum atomic E-state index is 12.2. The van der Waals surface area contributed by atoms with Crippen molar-refractivity contribution in [1.82, 2.24) is 4.90 Å². The molecule has 2 rings (SSSR count). The average Bonchev–Trinajstić information content (AvgIpc) is 2.57. The zero-order valence-electron chi connectivity index (χ0n) is 14.0. The number of para-hydroxylation sites is 1. The monoisotopic (exact) mass is 379 g/mol. The van der Waals surface area contributed by atoms with Crippen molar-refractivity contribution in [3.8, 4) is 0 Å². The van der Waals surface area contributed by atoms with Gasteiger partial charge in [0.1, 0.15) is 6.54 Å². The Labute approximate surface area is 156 Å². The van der Waals surface area contributed by atoms with Gasteiger partial charge in [0.25, 0.3) is 0 Å². The van der Waals surface area contributed by atoms with E-state index in [1.807, 2.05) is 31.2 Å². The first kappa shape index (κ1) is 19.1. The van der Waals surface area contributed by atoms with Gasteiger partial charge in [-0.3, -0.25) is 4.79 Å². The molecule has 7 heteroatoms. The van der Waals surface area contributed by atoms with Gasteiger partial charge in [-0.05, 0) is 36.2 Å². The number of rotatable bonds is 5. The van der Waals surface area contributed by atoms with Gasteiger partial charge in [0.15, 0.2) is 0 Å². The van der Waals surface area contributed by atoms with Gasteiger partial charge in [-0.15, -0.1) is 0 Å². The van der Waals surface area contributed by atoms with E-state index in [4.69, 9.17) is 23.2 Å². The lowest BCUT2D eigenvalue weighted by Crippen LogP contribution is -2.37. The summed E-state index contributed by atoms with van der Waals surface area (Å²) in [5, 5.41) is 6.28. The van der Waals surface area contributed by atoms with Crippen molar-refractivity contribution in [2.75, 3.05) is 24.2 Å². The Morgan fingerprint density at radius 1 is 1.04 bits per heavy atom. The van der Waals surface area contributed by atoms with Crippen LogP contribution in [-0.4, -0.2) is 30.4 Å². The van der Waals surface area contributed by atoms with Crippen LogP contribution in [0.15, 0.2) is 42.5 Å². The topological polar surface area (TPSA) is 61.4 Å². The molecule has 132 valence electrons. The van der Waals surface area contributed by atoms with Crippen LogP contribution in [0, 0.1) is 0 Å². The molecule has 25 heavy (non-hydrogen) atoms. The highest BCUT2D eigenvalue weighted by atomic mass is 35.5. The lowest BCUT2D eigenvalue weighted by Gasteiger charge is -2.18. The fourth-order valence-electron chi connectivity index (χ4n) is 2.23. The molecule has 0 spiro atoms. The molecule has 2 N–H and O–H groups in total. The third-order valence-corrected chi connectivity index (χ3v) is 4.12. The number of hydrogen-bond acceptors (Lipinski definition) is 2. The predicted molar refractivity (Wildman–Crippen MR) is 103 cm³/mol. The Balaban J connectivity index is 1.95. The number of carbonyl (C=O) groups is 2. The SMILES string of the molecule is CCc1ccccc1NC(=O)CN(C)C(=O)Nc1ccc(Cl)cc1Cl. The molecule has 3 amide bonds. The molecule has 5 nitrogen and oxygen atoms in total. The Morgan fingerprint density at radius 3 is 2.44 bits per heavy atom. The highest BCUT2D eigenvalue weighted by molar-refractivity contribution is 6.36. The second-order valence-electron chi connectivity index (χ2n) is 5.47. The number of likely N-dealkylation sites (N-methyl/N-ethyl adjacent to an activating group) is 1. The average molecular weight is 380 g/mol. The predicted octanol–water partition coefficient (Wildman–Crippen LogP) is 4.66. The Hall–Kier alpha value is -2.24. The summed E-state index contributed by atoms with van der Waals surface area (Å²) in [6.07, 6.45) is 0.807. The molecule has 0 bridgehead atoms. The molecule has 0 aliphatic heterocycles. The second kappa shape index (κ2) is 8.74. The molecule has 2 aromatic rings. The van der Waals surface area contributed by atoms with Gasteiger partial charge in [-0.2, -0.15) is 0 Å². The third kappa shape index (κ3) is 5.37. The van der Waals surface area contributed by atoms with Crippen LogP contribution in [0.3, 0.4) is 0 Å². The van der Waals surface area contributed by atoms with Crippen LogP contribution in [-0.2, 0) is 11.2 Å². The van der Waals surface area contributed by atoms with Crippen LogP contribution in [0.1, 0.15) is 12.5 Å². The van der Waals surface area contributed by atoms with Gasteiger partial charge in [-0.1, -0.05) is 48.3 Å². The Kier molecular flexibility index (Phi) is 6.67. The molecule has 2 aromatic carbocycles. The molecular weight excluding hydrogens is 361 g/mol. The van der Waals surface area contributed by atoms with Crippen molar-refractivity contribution in [2.24, 2.45) is 0 Å². The van der Waals surface area contributed by atoms with Crippen molar-refractivity contribution in [3.63, 3.8) is 0 Å². The molecule has 0 unspecified atom stereocenters. The highest BCUT2D eigenvalue weighted by Crippen LogP contribution is 2.25. The van der Waals surface area contributed by atoms with E-state index in [0.717, 1.165) is 17.7 Å². The van der Waals surface area contributed by atoms with E-state index in [0.29, 0.717) is 15.7 Å². The van der Waals surface area contributed by atoms with E-state index in [1.54, 1.807) is 12.1 Å². The standard InChI is InChI=1S/C18H19Cl2N3O2/c1-3-12-6-4-5-7-15(12)21-17(24)11-23(2)18(25)22-16-9-8-13(19)10-14(16)20/h4-10H,3,11H2,1-2H3,(H,21,24)(H,22,25). The minimum atomic E-state index is -0.442. The van der Waals surface area contributed by atoms with Gasteiger partial charge in [0.05, 0.1) is 10.7 Å². The van der Waals surface area contributed by atoms with E-state index in [9.17, 15) is 9.59 Å². The quantitative estimate of drug-likeness (QED) is 0.793. The number of halogens is 2. The molecular formula is C18H19Cl2N3O2. The molecule has 0 saturated heterocycles. The minimum Gasteiger partial charge on any atom is -0.324 e. The molecule has 0 radical (unpaired) electrons. The van der Waals surface area contributed by atoms with E-state index in [1.165, 1.54) is 18.0 Å². The van der Waals surface area contributed by atoms with Crippen LogP contribution < -0.4 is 10.6 Å². The van der Waals surface area contributed by atoms with E-state index in [2.05, 4.69) is 10.6 Å². The van der Waals surface area contributed by atoms with Gasteiger partial charge in [0.2, 0.25) is 5.91 Å². The van der Waals surface area contributed by atoms with Crippen molar-refractivity contribution in [2.45, 2.75) is 13.3 Å². The summed E-state index contributed by atoms with van der Waals surface area (Å²) in [6.45, 7) is 1.93. The number of hydrogen-bond donors (Lipinski definition) is 2. The van der Waals surface area contributed by atoms with E-state index in [-0.39, 0.29) is 12.5 Å². The van der Waals surface area contributed by atoms with Crippen molar-refractivity contribution >= 4 is 46.5 Å². The largest absolute Gasteiger partial charge is 0.324 e. The summed E-state index contributed by atoms with van der Waals surface area (Å²) >= 11 is 11.9. The zero-order chi connectivity index (χ0) is 18.4. The number of benzene rings is 2. The van der Waals surface area contributed by atoms with Crippen LogP contribution in [0.5, 0.6) is 0 Å². The van der Waals surface area contributed by atoms with Crippen molar-refractivity contribution in [3.05, 3.63) is 58.1 Å². The van der Waals surface area contributed by atoms with Crippen molar-refractivity contribution < 1.29 is 9.59 Å². The smallest absolute Gasteiger partial charge is 0.322 e. The molecule has 0 aromatic heterocycles. The summed E-state index contributed by atoms with van der Waals surface area (Å²) in [4.78, 5) is 25.7. The van der Waals surface area contributed by atoms with Crippen molar-refractivity contribution in [1.29, 1.82) is 0 Å². The number of amides is 3. The molecule has 0 heterocycles. The second-order valence-corrected chi connectivity index (χ2v) is 6.31. The first-order valence-electron chi connectivity index (χ1n) is 7.75. The zero-order valence-corrected chi connectivity index (χ0v) is 15.5. The van der Waals surface area contributed by atoms with E-state index >= 15 is 0 Å². The normalized spacial score (nSPS) is 10.2. The van der Waals surface area contributed by atoms with E-state index < -0.39 is 6.03 Å². The number of aryl methyl sites for hydroxylation is 1. The summed E-state index contributed by atoms with van der Waals surface area (Å²) in [6, 6.07) is 11.9. The number of nitrogens with zero attached hydrogens (tertiary/aromatic N) is 1. The van der Waals surface area contributed by atoms with Crippen LogP contribution >= 0.6 is 23.2 Å². The molecule has 0 saturated carbocycles. The summed E-state index contributed by atoms with van der Waals surface area (Å²) < 4.78 is 0. The van der Waals surface area contributed by atoms with Crippen LogP contribution in [0.2, 0.25) is 10.0 Å². The fraction of sp³-hybridized carbons (Fsp3) is 0.222. The number of anilines is 2. The molecule has 0 fully saturated rings. The van der Waals surface area contributed by atoms with Crippen LogP contribution in [0.25, 0.3) is 0 Å². The van der Waals surface area contributed by atoms with Crippen LogP contribution in [0.4, 0.5) is 16.2 Å². The highest BCUT2D eigenvalue weighted by Gasteiger charge is 2.15. The fourth-order valence-corrected chi connectivity index (χ4v) is 2.68. The first-order valence-corrected chi connectivity index (χ1v) is 8.51.